The van der Waals surface area contributed by atoms with Gasteiger partial charge in [-0.15, -0.1) is 0 Å². The van der Waals surface area contributed by atoms with Gasteiger partial charge < -0.3 is 9.64 Å². The summed E-state index contributed by atoms with van der Waals surface area (Å²) in [4.78, 5) is 15.1. The molecule has 0 unspecified atom stereocenters. The molecular formula is C22H21ClFN3O2. The number of amides is 1. The predicted octanol–water partition coefficient (Wildman–Crippen LogP) is 4.58. The summed E-state index contributed by atoms with van der Waals surface area (Å²) in [6, 6.07) is 15.7. The lowest BCUT2D eigenvalue weighted by Gasteiger charge is -2.37. The van der Waals surface area contributed by atoms with E-state index in [-0.39, 0.29) is 29.1 Å². The van der Waals surface area contributed by atoms with Gasteiger partial charge in [0.05, 0.1) is 29.6 Å². The van der Waals surface area contributed by atoms with Crippen LogP contribution < -0.4 is 0 Å². The predicted molar refractivity (Wildman–Crippen MR) is 109 cm³/mol. The van der Waals surface area contributed by atoms with Gasteiger partial charge in [0.25, 0.3) is 5.91 Å². The van der Waals surface area contributed by atoms with Crippen molar-refractivity contribution in [3.05, 3.63) is 82.4 Å². The minimum atomic E-state index is -0.348. The van der Waals surface area contributed by atoms with E-state index < -0.39 is 0 Å². The minimum absolute atomic E-state index is 0.107. The first kappa shape index (κ1) is 19.6. The van der Waals surface area contributed by atoms with Crippen molar-refractivity contribution in [3.8, 4) is 5.69 Å². The van der Waals surface area contributed by atoms with Crippen molar-refractivity contribution in [2.75, 3.05) is 13.1 Å². The number of hydrogen-bond acceptors (Lipinski definition) is 3. The summed E-state index contributed by atoms with van der Waals surface area (Å²) in [6.45, 7) is 4.60. The SMILES string of the molecule is Cc1nn(-c2ccc(F)cc2)c(Cl)c1C(=O)N1C[C@@H](c2ccccc2)O[C@@H](C)C1. The smallest absolute Gasteiger partial charge is 0.259 e. The summed E-state index contributed by atoms with van der Waals surface area (Å²) < 4.78 is 20.7. The highest BCUT2D eigenvalue weighted by Gasteiger charge is 2.33. The van der Waals surface area contributed by atoms with Crippen LogP contribution in [-0.4, -0.2) is 39.8 Å². The normalized spacial score (nSPS) is 19.4. The van der Waals surface area contributed by atoms with Crippen LogP contribution in [0.1, 0.15) is 34.6 Å². The van der Waals surface area contributed by atoms with Crippen molar-refractivity contribution in [2.45, 2.75) is 26.1 Å². The quantitative estimate of drug-likeness (QED) is 0.631. The summed E-state index contributed by atoms with van der Waals surface area (Å²) in [6.07, 6.45) is -0.306. The number of aryl methyl sites for hydroxylation is 1. The summed E-state index contributed by atoms with van der Waals surface area (Å²) in [5.41, 5.74) is 2.51. The zero-order valence-electron chi connectivity index (χ0n) is 16.2. The number of hydrogen-bond donors (Lipinski definition) is 0. The molecule has 0 N–H and O–H groups in total. The lowest BCUT2D eigenvalue weighted by atomic mass is 10.1. The van der Waals surface area contributed by atoms with Crippen LogP contribution in [0.5, 0.6) is 0 Å². The van der Waals surface area contributed by atoms with Crippen molar-refractivity contribution >= 4 is 17.5 Å². The molecule has 1 saturated heterocycles. The van der Waals surface area contributed by atoms with Gasteiger partial charge in [0.2, 0.25) is 0 Å². The van der Waals surface area contributed by atoms with E-state index in [0.717, 1.165) is 5.56 Å². The molecule has 0 bridgehead atoms. The topological polar surface area (TPSA) is 47.4 Å². The van der Waals surface area contributed by atoms with Gasteiger partial charge in [0.1, 0.15) is 17.1 Å². The van der Waals surface area contributed by atoms with Gasteiger partial charge >= 0.3 is 0 Å². The van der Waals surface area contributed by atoms with Gasteiger partial charge in [-0.2, -0.15) is 5.10 Å². The van der Waals surface area contributed by atoms with Crippen LogP contribution in [0.4, 0.5) is 4.39 Å². The Morgan fingerprint density at radius 2 is 1.83 bits per heavy atom. The van der Waals surface area contributed by atoms with Gasteiger partial charge in [-0.3, -0.25) is 4.79 Å². The van der Waals surface area contributed by atoms with E-state index in [1.807, 2.05) is 37.3 Å². The Morgan fingerprint density at radius 3 is 2.52 bits per heavy atom. The number of halogens is 2. The molecule has 1 aliphatic heterocycles. The van der Waals surface area contributed by atoms with E-state index in [4.69, 9.17) is 16.3 Å². The Kier molecular flexibility index (Phi) is 5.39. The molecule has 0 spiro atoms. The molecule has 2 heterocycles. The second kappa shape index (κ2) is 7.97. The number of nitrogens with zero attached hydrogens (tertiary/aromatic N) is 3. The lowest BCUT2D eigenvalue weighted by Crippen LogP contribution is -2.46. The van der Waals surface area contributed by atoms with Crippen LogP contribution in [0.2, 0.25) is 5.15 Å². The number of aromatic nitrogens is 2. The molecule has 0 saturated carbocycles. The number of benzene rings is 2. The van der Waals surface area contributed by atoms with Gasteiger partial charge in [-0.1, -0.05) is 41.9 Å². The van der Waals surface area contributed by atoms with E-state index in [1.165, 1.54) is 16.8 Å². The minimum Gasteiger partial charge on any atom is -0.367 e. The van der Waals surface area contributed by atoms with E-state index in [1.54, 1.807) is 24.0 Å². The molecule has 3 aromatic rings. The molecule has 29 heavy (non-hydrogen) atoms. The zero-order valence-corrected chi connectivity index (χ0v) is 16.9. The second-order valence-electron chi connectivity index (χ2n) is 7.20. The Bertz CT molecular complexity index is 1020. The molecule has 0 aliphatic carbocycles. The zero-order chi connectivity index (χ0) is 20.5. The Labute approximate surface area is 173 Å². The number of carbonyl (C=O) groups excluding carboxylic acids is 1. The van der Waals surface area contributed by atoms with Crippen LogP contribution in [0.25, 0.3) is 5.69 Å². The Morgan fingerprint density at radius 1 is 1.14 bits per heavy atom. The van der Waals surface area contributed by atoms with Gasteiger partial charge in [-0.05, 0) is 43.7 Å². The van der Waals surface area contributed by atoms with E-state index in [9.17, 15) is 9.18 Å². The van der Waals surface area contributed by atoms with Gasteiger partial charge in [-0.25, -0.2) is 9.07 Å². The van der Waals surface area contributed by atoms with E-state index >= 15 is 0 Å². The molecule has 0 radical (unpaired) electrons. The maximum atomic E-state index is 13.3. The average Bonchev–Trinajstić information content (AvgIpc) is 3.02. The van der Waals surface area contributed by atoms with Gasteiger partial charge in [0.15, 0.2) is 0 Å². The largest absolute Gasteiger partial charge is 0.367 e. The summed E-state index contributed by atoms with van der Waals surface area (Å²) in [5.74, 6) is -0.531. The van der Waals surface area contributed by atoms with Crippen molar-refractivity contribution in [2.24, 2.45) is 0 Å². The molecule has 1 aliphatic rings. The maximum Gasteiger partial charge on any atom is 0.259 e. The van der Waals surface area contributed by atoms with Crippen LogP contribution in [-0.2, 0) is 4.74 Å². The highest BCUT2D eigenvalue weighted by molar-refractivity contribution is 6.33. The summed E-state index contributed by atoms with van der Waals surface area (Å²) in [5, 5.41) is 4.62. The molecule has 2 atom stereocenters. The first-order chi connectivity index (χ1) is 13.9. The van der Waals surface area contributed by atoms with Gasteiger partial charge in [0, 0.05) is 6.54 Å². The lowest BCUT2D eigenvalue weighted by molar-refractivity contribution is -0.0691. The number of rotatable bonds is 3. The van der Waals surface area contributed by atoms with Crippen LogP contribution in [0.3, 0.4) is 0 Å². The van der Waals surface area contributed by atoms with Crippen molar-refractivity contribution < 1.29 is 13.9 Å². The second-order valence-corrected chi connectivity index (χ2v) is 7.55. The monoisotopic (exact) mass is 413 g/mol. The average molecular weight is 414 g/mol. The first-order valence-electron chi connectivity index (χ1n) is 9.44. The van der Waals surface area contributed by atoms with E-state index in [0.29, 0.717) is 30.0 Å². The number of morpholine rings is 1. The third kappa shape index (κ3) is 3.91. The molecule has 1 fully saturated rings. The maximum absolute atomic E-state index is 13.3. The molecule has 4 rings (SSSR count). The first-order valence-corrected chi connectivity index (χ1v) is 9.82. The molecule has 5 nitrogen and oxygen atoms in total. The Hall–Kier alpha value is -2.70. The van der Waals surface area contributed by atoms with Crippen molar-refractivity contribution in [3.63, 3.8) is 0 Å². The van der Waals surface area contributed by atoms with Crippen molar-refractivity contribution in [1.82, 2.24) is 14.7 Å². The third-order valence-electron chi connectivity index (χ3n) is 5.01. The fraction of sp³-hybridized carbons (Fsp3) is 0.273. The summed E-state index contributed by atoms with van der Waals surface area (Å²) in [7, 11) is 0. The molecule has 1 amide bonds. The number of ether oxygens (including phenoxy) is 1. The fourth-order valence-corrected chi connectivity index (χ4v) is 3.98. The standard InChI is InChI=1S/C22H21ClFN3O2/c1-14-12-26(13-19(29-14)16-6-4-3-5-7-16)22(28)20-15(2)25-27(21(20)23)18-10-8-17(24)9-11-18/h3-11,14,19H,12-13H2,1-2H3/t14-,19-/m0/s1. The Balaban J connectivity index is 1.63. The third-order valence-corrected chi connectivity index (χ3v) is 5.36. The molecule has 150 valence electrons. The highest BCUT2D eigenvalue weighted by Crippen LogP contribution is 2.29. The van der Waals surface area contributed by atoms with E-state index in [2.05, 4.69) is 5.10 Å². The fourth-order valence-electron chi connectivity index (χ4n) is 3.62. The molecule has 7 heteroatoms. The molecule has 1 aromatic heterocycles. The summed E-state index contributed by atoms with van der Waals surface area (Å²) >= 11 is 6.54. The number of carbonyl (C=O) groups is 1. The molecular weight excluding hydrogens is 393 g/mol. The van der Waals surface area contributed by atoms with Crippen LogP contribution >= 0.6 is 11.6 Å². The van der Waals surface area contributed by atoms with Crippen LogP contribution in [0, 0.1) is 12.7 Å². The van der Waals surface area contributed by atoms with Crippen molar-refractivity contribution in [1.29, 1.82) is 0 Å². The molecule has 2 aromatic carbocycles. The highest BCUT2D eigenvalue weighted by atomic mass is 35.5. The van der Waals surface area contributed by atoms with Crippen LogP contribution in [0.15, 0.2) is 54.6 Å².